The number of hydrogen-bond acceptors (Lipinski definition) is 2. The Morgan fingerprint density at radius 2 is 0.766 bits per heavy atom. The Labute approximate surface area is 376 Å². The maximum atomic E-state index is 2.60. The van der Waals surface area contributed by atoms with Gasteiger partial charge in [-0.2, -0.15) is 0 Å². The number of rotatable bonds is 6. The Bertz CT molecular complexity index is 3280. The zero-order chi connectivity index (χ0) is 43.2. The van der Waals surface area contributed by atoms with E-state index >= 15 is 0 Å². The largest absolute Gasteiger partial charge is 0.309 e. The number of benzene rings is 10. The Morgan fingerprint density at radius 3 is 1.33 bits per heavy atom. The highest BCUT2D eigenvalue weighted by molar-refractivity contribution is 6.23. The Balaban J connectivity index is 1.13. The van der Waals surface area contributed by atoms with E-state index in [1.54, 1.807) is 0 Å². The van der Waals surface area contributed by atoms with Crippen LogP contribution in [0.4, 0.5) is 34.1 Å². The molecule has 12 rings (SSSR count). The van der Waals surface area contributed by atoms with Gasteiger partial charge in [0, 0.05) is 43.7 Å². The van der Waals surface area contributed by atoms with E-state index in [4.69, 9.17) is 0 Å². The van der Waals surface area contributed by atoms with E-state index in [0.29, 0.717) is 0 Å². The predicted molar refractivity (Wildman–Crippen MR) is 271 cm³/mol. The van der Waals surface area contributed by atoms with Crippen molar-refractivity contribution in [1.82, 2.24) is 0 Å². The second kappa shape index (κ2) is 14.4. The average molecular weight is 821 g/mol. The van der Waals surface area contributed by atoms with Crippen LogP contribution in [0.1, 0.15) is 49.9 Å². The molecule has 0 atom stereocenters. The number of para-hydroxylation sites is 1. The predicted octanol–water partition coefficient (Wildman–Crippen LogP) is 17.2. The lowest BCUT2D eigenvalue weighted by Crippen LogP contribution is -2.31. The van der Waals surface area contributed by atoms with E-state index in [1.807, 2.05) is 0 Å². The van der Waals surface area contributed by atoms with E-state index in [1.165, 1.54) is 94.2 Å². The summed E-state index contributed by atoms with van der Waals surface area (Å²) in [5.41, 5.74) is 19.6. The first-order valence-corrected chi connectivity index (χ1v) is 22.5. The van der Waals surface area contributed by atoms with Crippen LogP contribution in [-0.2, 0) is 10.8 Å². The molecule has 0 saturated heterocycles. The lowest BCUT2D eigenvalue weighted by molar-refractivity contribution is 0.620. The molecule has 10 aromatic rings. The van der Waals surface area contributed by atoms with Crippen LogP contribution < -0.4 is 9.80 Å². The summed E-state index contributed by atoms with van der Waals surface area (Å²) in [4.78, 5) is 5.08. The maximum Gasteiger partial charge on any atom is 0.0620 e. The van der Waals surface area contributed by atoms with E-state index < -0.39 is 0 Å². The Hall–Kier alpha value is -7.68. The fourth-order valence-electron chi connectivity index (χ4n) is 11.0. The van der Waals surface area contributed by atoms with Crippen molar-refractivity contribution in [3.8, 4) is 33.4 Å². The molecule has 64 heavy (non-hydrogen) atoms. The summed E-state index contributed by atoms with van der Waals surface area (Å²) < 4.78 is 0. The summed E-state index contributed by atoms with van der Waals surface area (Å²) in [6.07, 6.45) is 0. The van der Waals surface area contributed by atoms with Gasteiger partial charge in [-0.15, -0.1) is 0 Å². The van der Waals surface area contributed by atoms with Crippen LogP contribution in [-0.4, -0.2) is 0 Å². The molecule has 0 N–H and O–H groups in total. The molecule has 2 heteroatoms. The summed E-state index contributed by atoms with van der Waals surface area (Å²) in [6.45, 7) is 9.60. The maximum absolute atomic E-state index is 2.60. The third-order valence-corrected chi connectivity index (χ3v) is 14.2. The lowest BCUT2D eigenvalue weighted by Gasteiger charge is -2.43. The quantitative estimate of drug-likeness (QED) is 0.154. The lowest BCUT2D eigenvalue weighted by atomic mass is 9.71. The van der Waals surface area contributed by atoms with Crippen molar-refractivity contribution in [2.24, 2.45) is 0 Å². The van der Waals surface area contributed by atoms with Gasteiger partial charge in [0.05, 0.1) is 22.7 Å². The molecule has 2 nitrogen and oxygen atoms in total. The summed E-state index contributed by atoms with van der Waals surface area (Å²) in [5, 5.41) is 4.77. The zero-order valence-electron chi connectivity index (χ0n) is 36.7. The minimum Gasteiger partial charge on any atom is -0.309 e. The van der Waals surface area contributed by atoms with Crippen molar-refractivity contribution in [2.45, 2.75) is 38.5 Å². The van der Waals surface area contributed by atoms with Gasteiger partial charge in [0.1, 0.15) is 0 Å². The first-order valence-electron chi connectivity index (χ1n) is 22.5. The Morgan fingerprint density at radius 1 is 0.328 bits per heavy atom. The normalized spacial score (nSPS) is 14.2. The molecular formula is C62H48N2. The van der Waals surface area contributed by atoms with E-state index in [-0.39, 0.29) is 10.8 Å². The molecule has 0 spiro atoms. The van der Waals surface area contributed by atoms with Crippen molar-refractivity contribution in [3.05, 3.63) is 241 Å². The highest BCUT2D eigenvalue weighted by Gasteiger charge is 2.43. The molecule has 1 aliphatic heterocycles. The minimum atomic E-state index is -0.234. The molecule has 10 aromatic carbocycles. The summed E-state index contributed by atoms with van der Waals surface area (Å²) in [6, 6.07) is 80.8. The molecule has 0 aromatic heterocycles. The van der Waals surface area contributed by atoms with Crippen LogP contribution in [0.5, 0.6) is 0 Å². The molecule has 1 heterocycles. The number of hydrogen-bond donors (Lipinski definition) is 0. The van der Waals surface area contributed by atoms with Crippen LogP contribution in [0.15, 0.2) is 218 Å². The number of nitrogens with zero attached hydrogens (tertiary/aromatic N) is 2. The van der Waals surface area contributed by atoms with E-state index in [2.05, 4.69) is 256 Å². The molecule has 0 saturated carbocycles. The standard InChI is InChI=1S/C62H48N2/c1-61(2)53-28-16-15-23-47(53)52-39-58-56(40-55(52)61)62(3,4)54-29-17-18-30-57(54)64(58)60-50-26-13-11-24-48(50)59(49-25-12-14-27-51(49)60)63(45-35-31-43(32-36-45)41-19-7-5-8-20-41)46-37-33-44(34-38-46)42-21-9-6-10-22-42/h5-40H,1-4H3. The second-order valence-electron chi connectivity index (χ2n) is 18.5. The van der Waals surface area contributed by atoms with Crippen LogP contribution in [0.3, 0.4) is 0 Å². The summed E-state index contributed by atoms with van der Waals surface area (Å²) in [5.74, 6) is 0. The Kier molecular flexibility index (Phi) is 8.58. The first-order chi connectivity index (χ1) is 31.3. The van der Waals surface area contributed by atoms with Crippen molar-refractivity contribution in [2.75, 3.05) is 9.80 Å². The molecule has 0 radical (unpaired) electrons. The van der Waals surface area contributed by atoms with E-state index in [0.717, 1.165) is 17.1 Å². The van der Waals surface area contributed by atoms with Gasteiger partial charge in [-0.25, -0.2) is 0 Å². The summed E-state index contributed by atoms with van der Waals surface area (Å²) in [7, 11) is 0. The fraction of sp³-hybridized carbons (Fsp3) is 0.0968. The summed E-state index contributed by atoms with van der Waals surface area (Å²) >= 11 is 0. The van der Waals surface area contributed by atoms with Crippen LogP contribution in [0, 0.1) is 0 Å². The number of anilines is 6. The van der Waals surface area contributed by atoms with Gasteiger partial charge >= 0.3 is 0 Å². The molecule has 306 valence electrons. The highest BCUT2D eigenvalue weighted by Crippen LogP contribution is 2.60. The van der Waals surface area contributed by atoms with Crippen molar-refractivity contribution in [3.63, 3.8) is 0 Å². The van der Waals surface area contributed by atoms with Crippen molar-refractivity contribution >= 4 is 55.7 Å². The van der Waals surface area contributed by atoms with Crippen molar-refractivity contribution in [1.29, 1.82) is 0 Å². The third-order valence-electron chi connectivity index (χ3n) is 14.2. The SMILES string of the molecule is CC1(C)c2ccccc2-c2cc3c(cc21)C(C)(C)c1ccccc1N3c1c2ccccc2c(N(c2ccc(-c3ccccc3)cc2)c2ccc(-c3ccccc3)cc2)c2ccccc12. The van der Waals surface area contributed by atoms with Gasteiger partial charge in [0.25, 0.3) is 0 Å². The monoisotopic (exact) mass is 820 g/mol. The van der Waals surface area contributed by atoms with Crippen LogP contribution in [0.25, 0.3) is 54.9 Å². The van der Waals surface area contributed by atoms with E-state index in [9.17, 15) is 0 Å². The van der Waals surface area contributed by atoms with Crippen LogP contribution in [0.2, 0.25) is 0 Å². The molecule has 0 unspecified atom stereocenters. The fourth-order valence-corrected chi connectivity index (χ4v) is 11.0. The zero-order valence-corrected chi connectivity index (χ0v) is 36.7. The van der Waals surface area contributed by atoms with Gasteiger partial charge in [-0.3, -0.25) is 0 Å². The molecule has 0 bridgehead atoms. The highest BCUT2D eigenvalue weighted by atomic mass is 15.2. The average Bonchev–Trinajstić information content (AvgIpc) is 3.57. The number of fused-ring (bicyclic) bond motifs is 7. The molecule has 0 amide bonds. The molecular weight excluding hydrogens is 773 g/mol. The van der Waals surface area contributed by atoms with Gasteiger partial charge < -0.3 is 9.80 Å². The second-order valence-corrected chi connectivity index (χ2v) is 18.5. The molecule has 1 aliphatic carbocycles. The third kappa shape index (κ3) is 5.72. The van der Waals surface area contributed by atoms with Gasteiger partial charge in [0.15, 0.2) is 0 Å². The minimum absolute atomic E-state index is 0.109. The van der Waals surface area contributed by atoms with Gasteiger partial charge in [-0.1, -0.05) is 210 Å². The van der Waals surface area contributed by atoms with Gasteiger partial charge in [0.2, 0.25) is 0 Å². The van der Waals surface area contributed by atoms with Gasteiger partial charge in [-0.05, 0) is 92.0 Å². The topological polar surface area (TPSA) is 6.48 Å². The smallest absolute Gasteiger partial charge is 0.0620 e. The molecule has 0 fully saturated rings. The van der Waals surface area contributed by atoms with Crippen molar-refractivity contribution < 1.29 is 0 Å². The first kappa shape index (κ1) is 38.0. The molecule has 2 aliphatic rings. The van der Waals surface area contributed by atoms with Crippen LogP contribution >= 0.6 is 0 Å².